The average molecular weight is 649 g/mol. The van der Waals surface area contributed by atoms with Gasteiger partial charge in [0.15, 0.2) is 5.58 Å². The summed E-state index contributed by atoms with van der Waals surface area (Å²) in [6.07, 6.45) is 2.95. The van der Waals surface area contributed by atoms with Crippen LogP contribution in [0.4, 0.5) is 0 Å². The van der Waals surface area contributed by atoms with Crippen LogP contribution in [-0.4, -0.2) is 57.1 Å². The lowest BCUT2D eigenvalue weighted by Gasteiger charge is -2.36. The van der Waals surface area contributed by atoms with Crippen molar-refractivity contribution in [2.45, 2.75) is 44.7 Å². The third-order valence-corrected chi connectivity index (χ3v) is 8.47. The number of oxazole rings is 1. The summed E-state index contributed by atoms with van der Waals surface area (Å²) in [7, 11) is 1.31. The van der Waals surface area contributed by atoms with Crippen molar-refractivity contribution >= 4 is 51.8 Å². The van der Waals surface area contributed by atoms with Gasteiger partial charge in [-0.1, -0.05) is 66.7 Å². The van der Waals surface area contributed by atoms with E-state index in [9.17, 15) is 29.4 Å². The number of esters is 1. The molecule has 0 aliphatic rings. The van der Waals surface area contributed by atoms with Crippen molar-refractivity contribution in [2.75, 3.05) is 7.11 Å². The first kappa shape index (κ1) is 33.6. The van der Waals surface area contributed by atoms with Gasteiger partial charge in [-0.2, -0.15) is 0 Å². The van der Waals surface area contributed by atoms with Crippen LogP contribution in [0, 0.1) is 5.92 Å². The molecule has 0 radical (unpaired) electrons. The van der Waals surface area contributed by atoms with E-state index in [-0.39, 0.29) is 12.5 Å². The number of carbonyl (C=O) groups excluding carboxylic acids is 2. The number of carboxylic acid groups (broad SMARTS) is 2. The highest BCUT2D eigenvalue weighted by Crippen LogP contribution is 2.31. The number of aromatic nitrogens is 1. The van der Waals surface area contributed by atoms with Gasteiger partial charge in [0, 0.05) is 24.9 Å². The van der Waals surface area contributed by atoms with Crippen LogP contribution in [0.2, 0.25) is 0 Å². The zero-order chi connectivity index (χ0) is 34.2. The minimum absolute atomic E-state index is 0.163. The van der Waals surface area contributed by atoms with Crippen LogP contribution in [0.25, 0.3) is 27.9 Å². The SMILES string of the molecule is COC(=O)c1ccc(C(C/C=C/c2nc3ccccc3o2)C(C)N(Cc2ccc3ccccc3c2)C(=O)CC(CC(=O)O)C(=O)O)cc1. The Morgan fingerprint density at radius 1 is 0.896 bits per heavy atom. The van der Waals surface area contributed by atoms with E-state index in [4.69, 9.17) is 9.15 Å². The fourth-order valence-corrected chi connectivity index (χ4v) is 5.87. The third-order valence-electron chi connectivity index (χ3n) is 8.47. The van der Waals surface area contributed by atoms with Crippen LogP contribution in [0.15, 0.2) is 101 Å². The first-order chi connectivity index (χ1) is 23.1. The number of benzene rings is 4. The van der Waals surface area contributed by atoms with E-state index in [1.54, 1.807) is 23.1 Å². The Bertz CT molecular complexity index is 1930. The van der Waals surface area contributed by atoms with Gasteiger partial charge in [-0.25, -0.2) is 9.78 Å². The lowest BCUT2D eigenvalue weighted by molar-refractivity contribution is -0.151. The summed E-state index contributed by atoms with van der Waals surface area (Å²) in [5, 5.41) is 21.1. The number of rotatable bonds is 14. The van der Waals surface area contributed by atoms with Crippen molar-refractivity contribution in [3.8, 4) is 0 Å². The minimum Gasteiger partial charge on any atom is -0.481 e. The molecular weight excluding hydrogens is 612 g/mol. The van der Waals surface area contributed by atoms with E-state index < -0.39 is 48.6 Å². The van der Waals surface area contributed by atoms with Crippen molar-refractivity contribution in [1.82, 2.24) is 9.88 Å². The molecule has 10 nitrogen and oxygen atoms in total. The topological polar surface area (TPSA) is 147 Å². The number of methoxy groups -OCH3 is 1. The van der Waals surface area contributed by atoms with E-state index in [1.165, 1.54) is 7.11 Å². The maximum absolute atomic E-state index is 14.0. The molecule has 0 aliphatic heterocycles. The van der Waals surface area contributed by atoms with E-state index in [0.29, 0.717) is 23.5 Å². The molecule has 10 heteroatoms. The van der Waals surface area contributed by atoms with Gasteiger partial charge in [-0.15, -0.1) is 0 Å². The van der Waals surface area contributed by atoms with Crippen LogP contribution < -0.4 is 0 Å². The standard InChI is InChI=1S/C38H36N2O8/c1-24(40(35(41)21-30(37(44)45)22-36(42)43)23-25-14-15-26-8-3-4-9-29(26)20-25)31(27-16-18-28(19-17-27)38(46)47-2)10-7-13-34-39-32-11-5-6-12-33(32)48-34/h3-9,11-20,24,30-31H,10,21-23H2,1-2H3,(H,42,43)(H,44,45)/b13-7+. The highest BCUT2D eigenvalue weighted by molar-refractivity contribution is 5.89. The lowest BCUT2D eigenvalue weighted by Crippen LogP contribution is -2.43. The van der Waals surface area contributed by atoms with Crippen molar-refractivity contribution in [1.29, 1.82) is 0 Å². The quantitative estimate of drug-likeness (QED) is 0.122. The maximum atomic E-state index is 14.0. The summed E-state index contributed by atoms with van der Waals surface area (Å²) in [6, 6.07) is 27.6. The normalized spacial score (nSPS) is 13.3. The predicted octanol–water partition coefficient (Wildman–Crippen LogP) is 6.94. The molecule has 1 heterocycles. The number of fused-ring (bicyclic) bond motifs is 2. The zero-order valence-corrected chi connectivity index (χ0v) is 26.6. The summed E-state index contributed by atoms with van der Waals surface area (Å²) in [4.78, 5) is 55.8. The van der Waals surface area contributed by atoms with Crippen LogP contribution in [0.5, 0.6) is 0 Å². The first-order valence-corrected chi connectivity index (χ1v) is 15.5. The first-order valence-electron chi connectivity index (χ1n) is 15.5. The second kappa shape index (κ2) is 15.2. The second-order valence-corrected chi connectivity index (χ2v) is 11.7. The fourth-order valence-electron chi connectivity index (χ4n) is 5.87. The number of nitrogens with zero attached hydrogens (tertiary/aromatic N) is 2. The van der Waals surface area contributed by atoms with Gasteiger partial charge in [0.25, 0.3) is 0 Å². The summed E-state index contributed by atoms with van der Waals surface area (Å²) in [5.41, 5.74) is 3.41. The van der Waals surface area contributed by atoms with Gasteiger partial charge in [0.05, 0.1) is 25.0 Å². The van der Waals surface area contributed by atoms with Gasteiger partial charge >= 0.3 is 17.9 Å². The fraction of sp³-hybridized carbons (Fsp3) is 0.237. The molecule has 3 atom stereocenters. The average Bonchev–Trinajstić information content (AvgIpc) is 3.51. The van der Waals surface area contributed by atoms with E-state index in [2.05, 4.69) is 4.98 Å². The Balaban J connectivity index is 1.51. The Morgan fingerprint density at radius 2 is 1.60 bits per heavy atom. The molecule has 1 amide bonds. The molecule has 3 unspecified atom stereocenters. The highest BCUT2D eigenvalue weighted by atomic mass is 16.5. The Hall–Kier alpha value is -5.77. The molecule has 0 saturated carbocycles. The number of aliphatic carboxylic acids is 2. The molecule has 0 aliphatic carbocycles. The molecule has 0 fully saturated rings. The summed E-state index contributed by atoms with van der Waals surface area (Å²) in [6.45, 7) is 2.05. The molecule has 0 spiro atoms. The number of hydrogen-bond acceptors (Lipinski definition) is 7. The zero-order valence-electron chi connectivity index (χ0n) is 26.6. The van der Waals surface area contributed by atoms with Gasteiger partial charge < -0.3 is 24.3 Å². The lowest BCUT2D eigenvalue weighted by atomic mass is 9.87. The number of para-hydroxylation sites is 2. The number of carbonyl (C=O) groups is 4. The molecule has 2 N–H and O–H groups in total. The number of allylic oxidation sites excluding steroid dienone is 1. The highest BCUT2D eigenvalue weighted by Gasteiger charge is 2.32. The Morgan fingerprint density at radius 3 is 2.29 bits per heavy atom. The molecule has 5 aromatic rings. The number of hydrogen-bond donors (Lipinski definition) is 2. The number of carboxylic acids is 2. The Labute approximate surface area is 277 Å². The molecule has 246 valence electrons. The van der Waals surface area contributed by atoms with Crippen LogP contribution in [-0.2, 0) is 25.7 Å². The van der Waals surface area contributed by atoms with Gasteiger partial charge in [-0.3, -0.25) is 14.4 Å². The van der Waals surface area contributed by atoms with E-state index >= 15 is 0 Å². The van der Waals surface area contributed by atoms with Gasteiger partial charge in [0.1, 0.15) is 5.52 Å². The molecule has 5 rings (SSSR count). The summed E-state index contributed by atoms with van der Waals surface area (Å²) in [5.74, 6) is -4.90. The molecular formula is C38H36N2O8. The molecule has 0 saturated heterocycles. The molecule has 48 heavy (non-hydrogen) atoms. The Kier molecular flexibility index (Phi) is 10.6. The summed E-state index contributed by atoms with van der Waals surface area (Å²) < 4.78 is 10.7. The van der Waals surface area contributed by atoms with E-state index in [0.717, 1.165) is 27.4 Å². The predicted molar refractivity (Wildman–Crippen MR) is 180 cm³/mol. The third kappa shape index (κ3) is 8.14. The van der Waals surface area contributed by atoms with Crippen LogP contribution >= 0.6 is 0 Å². The maximum Gasteiger partial charge on any atom is 0.337 e. The van der Waals surface area contributed by atoms with Crippen molar-refractivity contribution in [3.63, 3.8) is 0 Å². The van der Waals surface area contributed by atoms with E-state index in [1.807, 2.05) is 91.9 Å². The molecule has 4 aromatic carbocycles. The second-order valence-electron chi connectivity index (χ2n) is 11.7. The van der Waals surface area contributed by atoms with Crippen LogP contribution in [0.3, 0.4) is 0 Å². The van der Waals surface area contributed by atoms with Crippen LogP contribution in [0.1, 0.15) is 59.5 Å². The summed E-state index contributed by atoms with van der Waals surface area (Å²) >= 11 is 0. The number of amides is 1. The molecule has 1 aromatic heterocycles. The number of ether oxygens (including phenoxy) is 1. The minimum atomic E-state index is -1.39. The van der Waals surface area contributed by atoms with Crippen molar-refractivity contribution < 1.29 is 38.5 Å². The largest absolute Gasteiger partial charge is 0.481 e. The monoisotopic (exact) mass is 648 g/mol. The molecule has 0 bridgehead atoms. The van der Waals surface area contributed by atoms with Gasteiger partial charge in [-0.05, 0) is 71.7 Å². The van der Waals surface area contributed by atoms with Gasteiger partial charge in [0.2, 0.25) is 11.8 Å². The smallest absolute Gasteiger partial charge is 0.337 e. The van der Waals surface area contributed by atoms with Crippen molar-refractivity contribution in [3.05, 3.63) is 120 Å². The van der Waals surface area contributed by atoms with Crippen molar-refractivity contribution in [2.24, 2.45) is 5.92 Å².